The van der Waals surface area contributed by atoms with Crippen LogP contribution in [0, 0.1) is 0 Å². The summed E-state index contributed by atoms with van der Waals surface area (Å²) < 4.78 is 27.9. The van der Waals surface area contributed by atoms with Crippen LogP contribution < -0.4 is 29.6 Å². The Morgan fingerprint density at radius 1 is 1.55 bits per heavy atom. The van der Waals surface area contributed by atoms with Crippen LogP contribution in [0.2, 0.25) is 0 Å². The summed E-state index contributed by atoms with van der Waals surface area (Å²) in [6, 6.07) is 0. The van der Waals surface area contributed by atoms with Crippen LogP contribution in [0.3, 0.4) is 0 Å². The van der Waals surface area contributed by atoms with E-state index in [2.05, 4.69) is 0 Å². The van der Waals surface area contributed by atoms with Crippen LogP contribution in [-0.4, -0.2) is 29.8 Å². The Bertz CT molecular complexity index is 215. The summed E-state index contributed by atoms with van der Waals surface area (Å²) in [4.78, 5) is 9.80. The van der Waals surface area contributed by atoms with E-state index in [9.17, 15) is 13.2 Å². The Hall–Kier alpha value is 0.730. The number of hydrogen-bond acceptors (Lipinski definition) is 4. The number of aliphatic carboxylic acids is 1. The maximum absolute atomic E-state index is 9.94. The minimum atomic E-state index is -4.07. The molecule has 0 spiro atoms. The van der Waals surface area contributed by atoms with Gasteiger partial charge in [0.2, 0.25) is 0 Å². The van der Waals surface area contributed by atoms with Gasteiger partial charge in [-0.05, 0) is 10.8 Å². The molecule has 0 aromatic carbocycles. The van der Waals surface area contributed by atoms with E-state index in [1.165, 1.54) is 0 Å². The molecule has 0 amide bonds. The predicted octanol–water partition coefficient (Wildman–Crippen LogP) is -2.89. The summed E-state index contributed by atoms with van der Waals surface area (Å²) in [6.07, 6.45) is -0.273. The summed E-state index contributed by atoms with van der Waals surface area (Å²) in [5, 5.41) is 8.02. The van der Waals surface area contributed by atoms with Gasteiger partial charge in [-0.3, -0.25) is 9.35 Å². The fourth-order valence-corrected chi connectivity index (χ4v) is 1.58. The second-order valence-corrected chi connectivity index (χ2v) is 4.86. The topological polar surface area (TPSA) is 91.7 Å². The minimum Gasteiger partial charge on any atom is -1.00 e. The van der Waals surface area contributed by atoms with Gasteiger partial charge in [0.05, 0.1) is 6.42 Å². The van der Waals surface area contributed by atoms with Gasteiger partial charge in [-0.25, -0.2) is 0 Å². The van der Waals surface area contributed by atoms with E-state index in [0.717, 1.165) is 0 Å². The second-order valence-electron chi connectivity index (χ2n) is 1.39. The number of carboxylic acid groups (broad SMARTS) is 1. The van der Waals surface area contributed by atoms with Gasteiger partial charge < -0.3 is 6.53 Å². The SMILES string of the molecule is O=C(O)CCSS(=O)(=O)O.[H-].[Na+]. The first-order valence-corrected chi connectivity index (χ1v) is 5.20. The van der Waals surface area contributed by atoms with E-state index in [-0.39, 0.29) is 54.0 Å². The molecular weight excluding hydrogens is 203 g/mol. The van der Waals surface area contributed by atoms with Crippen molar-refractivity contribution in [1.29, 1.82) is 0 Å². The van der Waals surface area contributed by atoms with Gasteiger partial charge in [-0.1, -0.05) is 0 Å². The quantitative estimate of drug-likeness (QED) is 0.294. The third-order valence-electron chi connectivity index (χ3n) is 0.548. The molecule has 11 heavy (non-hydrogen) atoms. The zero-order valence-corrected chi connectivity index (χ0v) is 9.48. The third kappa shape index (κ3) is 13.7. The molecule has 62 valence electrons. The normalized spacial score (nSPS) is 10.3. The fraction of sp³-hybridized carbons (Fsp3) is 0.667. The van der Waals surface area contributed by atoms with Gasteiger partial charge in [-0.15, -0.1) is 0 Å². The van der Waals surface area contributed by atoms with Gasteiger partial charge >= 0.3 is 44.7 Å². The first-order chi connectivity index (χ1) is 4.42. The van der Waals surface area contributed by atoms with E-state index in [1.807, 2.05) is 0 Å². The van der Waals surface area contributed by atoms with Crippen molar-refractivity contribution in [2.24, 2.45) is 0 Å². The molecule has 0 aromatic heterocycles. The first kappa shape index (κ1) is 14.3. The average molecular weight is 210 g/mol. The zero-order chi connectivity index (χ0) is 8.20. The van der Waals surface area contributed by atoms with Crippen LogP contribution >= 0.6 is 10.8 Å². The molecule has 0 atom stereocenters. The van der Waals surface area contributed by atoms with E-state index in [4.69, 9.17) is 9.66 Å². The van der Waals surface area contributed by atoms with E-state index in [1.54, 1.807) is 0 Å². The zero-order valence-electron chi connectivity index (χ0n) is 6.85. The van der Waals surface area contributed by atoms with Gasteiger partial charge in [-0.2, -0.15) is 8.42 Å². The van der Waals surface area contributed by atoms with Crippen molar-refractivity contribution in [2.45, 2.75) is 6.42 Å². The molecule has 0 aliphatic heterocycles. The van der Waals surface area contributed by atoms with Gasteiger partial charge in [0.15, 0.2) is 0 Å². The Labute approximate surface area is 91.5 Å². The molecule has 5 nitrogen and oxygen atoms in total. The van der Waals surface area contributed by atoms with Crippen LogP contribution in [0.15, 0.2) is 0 Å². The van der Waals surface area contributed by atoms with Gasteiger partial charge in [0, 0.05) is 5.75 Å². The third-order valence-corrected chi connectivity index (χ3v) is 2.61. The van der Waals surface area contributed by atoms with Crippen molar-refractivity contribution >= 4 is 25.9 Å². The molecule has 0 bridgehead atoms. The molecular formula is C3H7NaO5S2. The maximum Gasteiger partial charge on any atom is 1.00 e. The summed E-state index contributed by atoms with van der Waals surface area (Å²) in [5.74, 6) is -1.22. The Morgan fingerprint density at radius 2 is 2.00 bits per heavy atom. The average Bonchev–Trinajstić information content (AvgIpc) is 1.59. The monoisotopic (exact) mass is 210 g/mol. The molecule has 0 aliphatic carbocycles. The molecule has 0 unspecified atom stereocenters. The largest absolute Gasteiger partial charge is 1.00 e. The molecule has 0 aromatic rings. The molecule has 2 N–H and O–H groups in total. The van der Waals surface area contributed by atoms with Crippen molar-refractivity contribution < 1.29 is 53.9 Å². The van der Waals surface area contributed by atoms with Gasteiger partial charge in [0.25, 0.3) is 0 Å². The Balaban J connectivity index is -0.000000405. The Kier molecular flexibility index (Phi) is 8.13. The van der Waals surface area contributed by atoms with E-state index >= 15 is 0 Å². The first-order valence-electron chi connectivity index (χ1n) is 2.25. The Morgan fingerprint density at radius 3 is 2.27 bits per heavy atom. The second kappa shape index (κ2) is 6.27. The van der Waals surface area contributed by atoms with Gasteiger partial charge in [0.1, 0.15) is 0 Å². The molecule has 0 rings (SSSR count). The van der Waals surface area contributed by atoms with Crippen LogP contribution in [-0.2, 0) is 13.9 Å². The van der Waals surface area contributed by atoms with Crippen molar-refractivity contribution in [1.82, 2.24) is 0 Å². The van der Waals surface area contributed by atoms with Crippen molar-refractivity contribution in [3.8, 4) is 0 Å². The number of carbonyl (C=O) groups is 1. The summed E-state index contributed by atoms with van der Waals surface area (Å²) in [6.45, 7) is 0. The molecule has 0 saturated heterocycles. The van der Waals surface area contributed by atoms with Crippen molar-refractivity contribution in [2.75, 3.05) is 5.75 Å². The number of rotatable bonds is 4. The van der Waals surface area contributed by atoms with Crippen LogP contribution in [0.25, 0.3) is 0 Å². The predicted molar refractivity (Wildman–Crippen MR) is 37.4 cm³/mol. The molecule has 8 heteroatoms. The molecule has 0 fully saturated rings. The molecule has 0 aliphatic rings. The van der Waals surface area contributed by atoms with Crippen molar-refractivity contribution in [3.05, 3.63) is 0 Å². The van der Waals surface area contributed by atoms with Crippen molar-refractivity contribution in [3.63, 3.8) is 0 Å². The van der Waals surface area contributed by atoms with Crippen LogP contribution in [0.5, 0.6) is 0 Å². The summed E-state index contributed by atoms with van der Waals surface area (Å²) >= 11 is 0. The standard InChI is InChI=1S/C3H6O5S2.Na.H/c4-3(5)1-2-9-10(6,7)8;;/h1-2H2,(H,4,5)(H,6,7,8);;/q;+1;-1. The van der Waals surface area contributed by atoms with Crippen LogP contribution in [0.1, 0.15) is 7.85 Å². The smallest absolute Gasteiger partial charge is 1.00 e. The molecule has 0 saturated carbocycles. The van der Waals surface area contributed by atoms with Crippen LogP contribution in [0.4, 0.5) is 0 Å². The summed E-state index contributed by atoms with van der Waals surface area (Å²) in [7, 11) is -3.86. The van der Waals surface area contributed by atoms with E-state index < -0.39 is 15.1 Å². The fourth-order valence-electron chi connectivity index (χ4n) is 0.234. The number of hydrogen-bond donors (Lipinski definition) is 2. The van der Waals surface area contributed by atoms with E-state index in [0.29, 0.717) is 0 Å². The molecule has 0 heterocycles. The summed E-state index contributed by atoms with van der Waals surface area (Å²) in [5.41, 5.74) is 0. The molecule has 0 radical (unpaired) electrons. The minimum absolute atomic E-state index is 0. The maximum atomic E-state index is 9.94. The number of carboxylic acids is 1.